The lowest BCUT2D eigenvalue weighted by Gasteiger charge is -2.34. The molecule has 1 aromatic rings. The molecule has 0 amide bonds. The van der Waals surface area contributed by atoms with Crippen molar-refractivity contribution in [3.63, 3.8) is 0 Å². The number of carboxylic acids is 1. The van der Waals surface area contributed by atoms with Gasteiger partial charge in [-0.3, -0.25) is 10.1 Å². The number of morpholine rings is 1. The summed E-state index contributed by atoms with van der Waals surface area (Å²) in [4.78, 5) is 22.7. The number of rotatable bonds is 3. The summed E-state index contributed by atoms with van der Waals surface area (Å²) in [7, 11) is 0. The number of hydrogen-bond donors (Lipinski definition) is 1. The lowest BCUT2D eigenvalue weighted by atomic mass is 10.1. The van der Waals surface area contributed by atoms with Crippen molar-refractivity contribution in [3.8, 4) is 0 Å². The van der Waals surface area contributed by atoms with Crippen molar-refractivity contribution in [3.05, 3.63) is 34.1 Å². The number of anilines is 1. The third-order valence-corrected chi connectivity index (χ3v) is 2.86. The zero-order chi connectivity index (χ0) is 14.0. The standard InChI is InChI=1S/C11H11FN2O5/c12-7-1-2-8(9(5-7)14(17)18)13-3-4-19-6-10(13)11(15)16/h1-2,5,10H,3-4,6H2,(H,15,16). The van der Waals surface area contributed by atoms with Crippen LogP contribution >= 0.6 is 0 Å². The molecule has 1 aliphatic rings. The molecule has 0 aromatic heterocycles. The fourth-order valence-corrected chi connectivity index (χ4v) is 1.98. The number of benzene rings is 1. The minimum absolute atomic E-state index is 0.0656. The van der Waals surface area contributed by atoms with Crippen LogP contribution in [0.1, 0.15) is 0 Å². The lowest BCUT2D eigenvalue weighted by molar-refractivity contribution is -0.384. The number of nitro benzene ring substituents is 1. The summed E-state index contributed by atoms with van der Waals surface area (Å²) in [5.74, 6) is -1.88. The van der Waals surface area contributed by atoms with Gasteiger partial charge in [0.25, 0.3) is 5.69 Å². The molecule has 7 nitrogen and oxygen atoms in total. The van der Waals surface area contributed by atoms with E-state index >= 15 is 0 Å². The second kappa shape index (κ2) is 5.19. The minimum atomic E-state index is -1.14. The van der Waals surface area contributed by atoms with Crippen LogP contribution in [0.15, 0.2) is 18.2 Å². The summed E-state index contributed by atoms with van der Waals surface area (Å²) >= 11 is 0. The van der Waals surface area contributed by atoms with Gasteiger partial charge in [-0.15, -0.1) is 0 Å². The lowest BCUT2D eigenvalue weighted by Crippen LogP contribution is -2.50. The molecule has 1 aliphatic heterocycles. The Morgan fingerprint density at radius 1 is 1.58 bits per heavy atom. The number of aliphatic carboxylic acids is 1. The van der Waals surface area contributed by atoms with Crippen molar-refractivity contribution in [1.29, 1.82) is 0 Å². The summed E-state index contributed by atoms with van der Waals surface area (Å²) in [5.41, 5.74) is -0.366. The summed E-state index contributed by atoms with van der Waals surface area (Å²) in [5, 5.41) is 20.0. The van der Waals surface area contributed by atoms with Gasteiger partial charge in [0.1, 0.15) is 11.5 Å². The van der Waals surface area contributed by atoms with Crippen molar-refractivity contribution in [2.75, 3.05) is 24.7 Å². The zero-order valence-corrected chi connectivity index (χ0v) is 9.78. The van der Waals surface area contributed by atoms with E-state index in [2.05, 4.69) is 0 Å². The van der Waals surface area contributed by atoms with E-state index in [-0.39, 0.29) is 25.4 Å². The van der Waals surface area contributed by atoms with Gasteiger partial charge in [0, 0.05) is 6.54 Å². The molecule has 1 atom stereocenters. The average molecular weight is 270 g/mol. The Morgan fingerprint density at radius 3 is 2.95 bits per heavy atom. The first-order valence-corrected chi connectivity index (χ1v) is 5.52. The molecule has 1 aromatic carbocycles. The Bertz CT molecular complexity index is 522. The predicted molar refractivity (Wildman–Crippen MR) is 62.6 cm³/mol. The van der Waals surface area contributed by atoms with Crippen LogP contribution < -0.4 is 4.90 Å². The highest BCUT2D eigenvalue weighted by molar-refractivity contribution is 5.80. The molecule has 0 saturated carbocycles. The number of nitro groups is 1. The van der Waals surface area contributed by atoms with Gasteiger partial charge in [0.05, 0.1) is 24.2 Å². The maximum absolute atomic E-state index is 13.1. The van der Waals surface area contributed by atoms with E-state index < -0.39 is 28.4 Å². The topological polar surface area (TPSA) is 92.9 Å². The van der Waals surface area contributed by atoms with Gasteiger partial charge in [0.15, 0.2) is 6.04 Å². The van der Waals surface area contributed by atoms with E-state index in [1.165, 1.54) is 11.0 Å². The molecule has 0 radical (unpaired) electrons. The summed E-state index contributed by atoms with van der Waals surface area (Å²) in [6, 6.07) is 2.05. The number of nitrogens with zero attached hydrogens (tertiary/aromatic N) is 2. The molecule has 0 aliphatic carbocycles. The molecular formula is C11H11FN2O5. The van der Waals surface area contributed by atoms with Crippen LogP contribution in [0.25, 0.3) is 0 Å². The number of halogens is 1. The van der Waals surface area contributed by atoms with E-state index in [0.29, 0.717) is 0 Å². The van der Waals surface area contributed by atoms with Crippen LogP contribution in [-0.2, 0) is 9.53 Å². The van der Waals surface area contributed by atoms with Gasteiger partial charge in [-0.25, -0.2) is 9.18 Å². The molecule has 1 fully saturated rings. The largest absolute Gasteiger partial charge is 0.480 e. The Labute approximate surface area is 107 Å². The van der Waals surface area contributed by atoms with Gasteiger partial charge >= 0.3 is 5.97 Å². The minimum Gasteiger partial charge on any atom is -0.480 e. The molecule has 0 bridgehead atoms. The van der Waals surface area contributed by atoms with Crippen molar-refractivity contribution in [1.82, 2.24) is 0 Å². The molecule has 19 heavy (non-hydrogen) atoms. The monoisotopic (exact) mass is 270 g/mol. The van der Waals surface area contributed by atoms with Crippen molar-refractivity contribution in [2.24, 2.45) is 0 Å². The van der Waals surface area contributed by atoms with Crippen LogP contribution in [0.4, 0.5) is 15.8 Å². The predicted octanol–water partition coefficient (Wildman–Crippen LogP) is 1.02. The Morgan fingerprint density at radius 2 is 2.32 bits per heavy atom. The van der Waals surface area contributed by atoms with E-state index in [1.807, 2.05) is 0 Å². The molecule has 0 spiro atoms. The highest BCUT2D eigenvalue weighted by Crippen LogP contribution is 2.31. The van der Waals surface area contributed by atoms with Crippen LogP contribution in [0, 0.1) is 15.9 Å². The van der Waals surface area contributed by atoms with E-state index in [9.17, 15) is 19.3 Å². The van der Waals surface area contributed by atoms with Gasteiger partial charge in [-0.05, 0) is 12.1 Å². The van der Waals surface area contributed by atoms with Crippen LogP contribution in [-0.4, -0.2) is 41.8 Å². The Hall–Kier alpha value is -2.22. The van der Waals surface area contributed by atoms with E-state index in [1.54, 1.807) is 0 Å². The quantitative estimate of drug-likeness (QED) is 0.651. The maximum Gasteiger partial charge on any atom is 0.328 e. The van der Waals surface area contributed by atoms with E-state index in [4.69, 9.17) is 9.84 Å². The summed E-state index contributed by atoms with van der Waals surface area (Å²) < 4.78 is 18.1. The second-order valence-corrected chi connectivity index (χ2v) is 4.01. The smallest absolute Gasteiger partial charge is 0.328 e. The zero-order valence-electron chi connectivity index (χ0n) is 9.78. The SMILES string of the molecule is O=C(O)C1COCCN1c1ccc(F)cc1[N+](=O)[O-]. The van der Waals surface area contributed by atoms with Gasteiger partial charge in [-0.2, -0.15) is 0 Å². The molecule has 8 heteroatoms. The van der Waals surface area contributed by atoms with Crippen LogP contribution in [0.3, 0.4) is 0 Å². The summed E-state index contributed by atoms with van der Waals surface area (Å²) in [6.07, 6.45) is 0. The first-order valence-electron chi connectivity index (χ1n) is 5.52. The number of carbonyl (C=O) groups is 1. The molecule has 2 rings (SSSR count). The summed E-state index contributed by atoms with van der Waals surface area (Å²) in [6.45, 7) is 0.394. The molecule has 1 unspecified atom stereocenters. The fourth-order valence-electron chi connectivity index (χ4n) is 1.98. The van der Waals surface area contributed by atoms with E-state index in [0.717, 1.165) is 12.1 Å². The van der Waals surface area contributed by atoms with Gasteiger partial charge in [0.2, 0.25) is 0 Å². The molecule has 1 saturated heterocycles. The number of ether oxygens (including phenoxy) is 1. The fraction of sp³-hybridized carbons (Fsp3) is 0.364. The van der Waals surface area contributed by atoms with Crippen molar-refractivity contribution >= 4 is 17.3 Å². The number of carboxylic acid groups (broad SMARTS) is 1. The third kappa shape index (κ3) is 2.63. The Kier molecular flexibility index (Phi) is 3.61. The normalized spacial score (nSPS) is 19.2. The van der Waals surface area contributed by atoms with Crippen LogP contribution in [0.2, 0.25) is 0 Å². The molecule has 102 valence electrons. The average Bonchev–Trinajstić information content (AvgIpc) is 2.38. The number of hydrogen-bond acceptors (Lipinski definition) is 5. The third-order valence-electron chi connectivity index (χ3n) is 2.86. The van der Waals surface area contributed by atoms with Crippen molar-refractivity contribution in [2.45, 2.75) is 6.04 Å². The van der Waals surface area contributed by atoms with Gasteiger partial charge in [-0.1, -0.05) is 0 Å². The van der Waals surface area contributed by atoms with Crippen molar-refractivity contribution < 1.29 is 24.0 Å². The van der Waals surface area contributed by atoms with Crippen LogP contribution in [0.5, 0.6) is 0 Å². The Balaban J connectivity index is 2.44. The molecular weight excluding hydrogens is 259 g/mol. The van der Waals surface area contributed by atoms with Gasteiger partial charge < -0.3 is 14.7 Å². The molecule has 1 N–H and O–H groups in total. The first kappa shape index (κ1) is 13.2. The first-order chi connectivity index (χ1) is 9.00. The highest BCUT2D eigenvalue weighted by Gasteiger charge is 2.33. The maximum atomic E-state index is 13.1. The molecule has 1 heterocycles. The highest BCUT2D eigenvalue weighted by atomic mass is 19.1. The second-order valence-electron chi connectivity index (χ2n) is 4.01.